The normalized spacial score (nSPS) is 9.73. The average molecular weight is 224 g/mol. The van der Waals surface area contributed by atoms with Crippen LogP contribution in [0, 0.1) is 0 Å². The molecule has 0 aliphatic heterocycles. The largest absolute Gasteiger partial charge is 0.380 e. The quantitative estimate of drug-likeness (QED) is 0.512. The lowest BCUT2D eigenvalue weighted by molar-refractivity contribution is -0.127. The van der Waals surface area contributed by atoms with Crippen molar-refractivity contribution in [2.24, 2.45) is 0 Å². The molecule has 0 aliphatic carbocycles. The van der Waals surface area contributed by atoms with Crippen LogP contribution in [0.2, 0.25) is 0 Å². The third-order valence-corrected chi connectivity index (χ3v) is 1.79. The lowest BCUT2D eigenvalue weighted by Crippen LogP contribution is -2.30. The molecule has 0 N–H and O–H groups in total. The van der Waals surface area contributed by atoms with Crippen molar-refractivity contribution < 1.29 is 9.53 Å². The molecule has 3 nitrogen and oxygen atoms in total. The highest BCUT2D eigenvalue weighted by molar-refractivity contribution is 9.09. The maximum absolute atomic E-state index is 10.9. The molecule has 0 atom stereocenters. The van der Waals surface area contributed by atoms with E-state index in [-0.39, 0.29) is 5.91 Å². The molecule has 0 rings (SSSR count). The van der Waals surface area contributed by atoms with Gasteiger partial charge in [0.15, 0.2) is 0 Å². The number of carbonyl (C=O) groups excluding carboxylic acids is 1. The molecule has 0 aliphatic rings. The molecule has 0 aromatic carbocycles. The molecule has 0 spiro atoms. The van der Waals surface area contributed by atoms with Crippen LogP contribution in [0.1, 0.15) is 6.92 Å². The molecule has 0 aromatic heterocycles. The SMILES string of the molecule is CCOCCN(C)C(=O)CBr. The van der Waals surface area contributed by atoms with Crippen molar-refractivity contribution in [3.05, 3.63) is 0 Å². The number of nitrogens with zero attached hydrogens (tertiary/aromatic N) is 1. The van der Waals surface area contributed by atoms with Gasteiger partial charge in [-0.05, 0) is 6.92 Å². The molecule has 66 valence electrons. The van der Waals surface area contributed by atoms with E-state index in [1.807, 2.05) is 6.92 Å². The minimum absolute atomic E-state index is 0.0877. The summed E-state index contributed by atoms with van der Waals surface area (Å²) in [5.74, 6) is 0.0877. The van der Waals surface area contributed by atoms with Gasteiger partial charge < -0.3 is 9.64 Å². The average Bonchev–Trinajstić information content (AvgIpc) is 2.03. The van der Waals surface area contributed by atoms with E-state index in [0.29, 0.717) is 25.1 Å². The third-order valence-electron chi connectivity index (χ3n) is 1.32. The van der Waals surface area contributed by atoms with E-state index in [0.717, 1.165) is 0 Å². The first-order valence-corrected chi connectivity index (χ1v) is 4.72. The lowest BCUT2D eigenvalue weighted by Gasteiger charge is -2.14. The Labute approximate surface area is 75.8 Å². The highest BCUT2D eigenvalue weighted by Gasteiger charge is 2.04. The summed E-state index contributed by atoms with van der Waals surface area (Å²) in [6.07, 6.45) is 0. The summed E-state index contributed by atoms with van der Waals surface area (Å²) in [6, 6.07) is 0. The van der Waals surface area contributed by atoms with Crippen molar-refractivity contribution in [2.45, 2.75) is 6.92 Å². The summed E-state index contributed by atoms with van der Waals surface area (Å²) in [6.45, 7) is 3.92. The first-order valence-electron chi connectivity index (χ1n) is 3.60. The number of carbonyl (C=O) groups is 1. The monoisotopic (exact) mass is 223 g/mol. The number of likely N-dealkylation sites (N-methyl/N-ethyl adjacent to an activating group) is 1. The maximum atomic E-state index is 10.9. The summed E-state index contributed by atoms with van der Waals surface area (Å²) in [5, 5.41) is 0.385. The molecule has 4 heteroatoms. The second-order valence-corrected chi connectivity index (χ2v) is 2.71. The van der Waals surface area contributed by atoms with Crippen LogP contribution in [0.25, 0.3) is 0 Å². The zero-order valence-corrected chi connectivity index (χ0v) is 8.56. The van der Waals surface area contributed by atoms with Gasteiger partial charge in [0.2, 0.25) is 5.91 Å². The van der Waals surface area contributed by atoms with Crippen LogP contribution < -0.4 is 0 Å². The van der Waals surface area contributed by atoms with E-state index in [2.05, 4.69) is 15.9 Å². The van der Waals surface area contributed by atoms with Crippen molar-refractivity contribution in [1.29, 1.82) is 0 Å². The molecule has 0 unspecified atom stereocenters. The molecular weight excluding hydrogens is 210 g/mol. The van der Waals surface area contributed by atoms with Crippen molar-refractivity contribution >= 4 is 21.8 Å². The number of ether oxygens (including phenoxy) is 1. The van der Waals surface area contributed by atoms with Gasteiger partial charge in [0.1, 0.15) is 0 Å². The predicted octanol–water partition coefficient (Wildman–Crippen LogP) is 0.876. The first kappa shape index (κ1) is 10.9. The van der Waals surface area contributed by atoms with Crippen LogP contribution in [-0.2, 0) is 9.53 Å². The van der Waals surface area contributed by atoms with Crippen LogP contribution >= 0.6 is 15.9 Å². The number of rotatable bonds is 5. The fourth-order valence-electron chi connectivity index (χ4n) is 0.573. The Kier molecular flexibility index (Phi) is 6.56. The van der Waals surface area contributed by atoms with E-state index in [1.165, 1.54) is 0 Å². The Hall–Kier alpha value is -0.0900. The molecule has 0 heterocycles. The molecule has 0 bridgehead atoms. The van der Waals surface area contributed by atoms with Crippen molar-refractivity contribution in [1.82, 2.24) is 4.90 Å². The van der Waals surface area contributed by atoms with Crippen molar-refractivity contribution in [3.63, 3.8) is 0 Å². The molecule has 11 heavy (non-hydrogen) atoms. The standard InChI is InChI=1S/C7H14BrNO2/c1-3-11-5-4-9(2)7(10)6-8/h3-6H2,1-2H3. The number of hydrogen-bond donors (Lipinski definition) is 0. The molecule has 0 radical (unpaired) electrons. The number of alkyl halides is 1. The minimum atomic E-state index is 0.0877. The lowest BCUT2D eigenvalue weighted by atomic mass is 10.5. The van der Waals surface area contributed by atoms with Crippen LogP contribution in [0.4, 0.5) is 0 Å². The fraction of sp³-hybridized carbons (Fsp3) is 0.857. The van der Waals surface area contributed by atoms with E-state index in [4.69, 9.17) is 4.74 Å². The zero-order valence-electron chi connectivity index (χ0n) is 6.97. The second kappa shape index (κ2) is 6.61. The van der Waals surface area contributed by atoms with Crippen LogP contribution in [-0.4, -0.2) is 42.9 Å². The van der Waals surface area contributed by atoms with E-state index in [1.54, 1.807) is 11.9 Å². The second-order valence-electron chi connectivity index (χ2n) is 2.15. The van der Waals surface area contributed by atoms with E-state index < -0.39 is 0 Å². The van der Waals surface area contributed by atoms with E-state index in [9.17, 15) is 4.79 Å². The van der Waals surface area contributed by atoms with Gasteiger partial charge >= 0.3 is 0 Å². The summed E-state index contributed by atoms with van der Waals surface area (Å²) in [5.41, 5.74) is 0. The molecule has 0 saturated heterocycles. The fourth-order valence-corrected chi connectivity index (χ4v) is 1.00. The highest BCUT2D eigenvalue weighted by atomic mass is 79.9. The Morgan fingerprint density at radius 2 is 2.27 bits per heavy atom. The van der Waals surface area contributed by atoms with Gasteiger partial charge in [-0.1, -0.05) is 15.9 Å². The van der Waals surface area contributed by atoms with Gasteiger partial charge in [-0.15, -0.1) is 0 Å². The first-order chi connectivity index (χ1) is 5.22. The molecule has 1 amide bonds. The van der Waals surface area contributed by atoms with Gasteiger partial charge in [0.05, 0.1) is 11.9 Å². The Morgan fingerprint density at radius 3 is 2.73 bits per heavy atom. The topological polar surface area (TPSA) is 29.5 Å². The van der Waals surface area contributed by atoms with Crippen LogP contribution in [0.5, 0.6) is 0 Å². The Balaban J connectivity index is 3.36. The van der Waals surface area contributed by atoms with Gasteiger partial charge in [0.25, 0.3) is 0 Å². The van der Waals surface area contributed by atoms with Gasteiger partial charge in [-0.25, -0.2) is 0 Å². The molecule has 0 saturated carbocycles. The summed E-state index contributed by atoms with van der Waals surface area (Å²) < 4.78 is 5.09. The number of hydrogen-bond acceptors (Lipinski definition) is 2. The smallest absolute Gasteiger partial charge is 0.233 e. The van der Waals surface area contributed by atoms with Gasteiger partial charge in [0, 0.05) is 20.2 Å². The number of halogens is 1. The van der Waals surface area contributed by atoms with Crippen molar-refractivity contribution in [2.75, 3.05) is 32.1 Å². The van der Waals surface area contributed by atoms with Crippen LogP contribution in [0.3, 0.4) is 0 Å². The zero-order chi connectivity index (χ0) is 8.69. The summed E-state index contributed by atoms with van der Waals surface area (Å²) in [7, 11) is 1.77. The molecular formula is C7H14BrNO2. The van der Waals surface area contributed by atoms with Gasteiger partial charge in [-0.3, -0.25) is 4.79 Å². The third kappa shape index (κ3) is 5.21. The minimum Gasteiger partial charge on any atom is -0.380 e. The Morgan fingerprint density at radius 1 is 1.64 bits per heavy atom. The van der Waals surface area contributed by atoms with Crippen molar-refractivity contribution in [3.8, 4) is 0 Å². The number of amides is 1. The molecule has 0 fully saturated rings. The van der Waals surface area contributed by atoms with Gasteiger partial charge in [-0.2, -0.15) is 0 Å². The summed E-state index contributed by atoms with van der Waals surface area (Å²) >= 11 is 3.09. The maximum Gasteiger partial charge on any atom is 0.233 e. The highest BCUT2D eigenvalue weighted by Crippen LogP contribution is 1.89. The Bertz CT molecular complexity index is 119. The summed E-state index contributed by atoms with van der Waals surface area (Å²) in [4.78, 5) is 12.6. The molecule has 0 aromatic rings. The predicted molar refractivity (Wildman–Crippen MR) is 47.9 cm³/mol. The van der Waals surface area contributed by atoms with E-state index >= 15 is 0 Å². The van der Waals surface area contributed by atoms with Crippen LogP contribution in [0.15, 0.2) is 0 Å².